The van der Waals surface area contributed by atoms with Gasteiger partial charge in [0.25, 0.3) is 0 Å². The molecule has 0 aromatic heterocycles. The average molecular weight is 409 g/mol. The van der Waals surface area contributed by atoms with E-state index in [1.807, 2.05) is 24.3 Å². The Balaban J connectivity index is 1.66. The number of hydrogen-bond acceptors (Lipinski definition) is 2. The lowest BCUT2D eigenvalue weighted by Crippen LogP contribution is -2.30. The molecule has 3 atom stereocenters. The summed E-state index contributed by atoms with van der Waals surface area (Å²) in [4.78, 5) is 11.5. The molecule has 0 unspecified atom stereocenters. The minimum absolute atomic E-state index is 0.0116. The van der Waals surface area contributed by atoms with Gasteiger partial charge in [0.15, 0.2) is 0 Å². The summed E-state index contributed by atoms with van der Waals surface area (Å²) < 4.78 is 39.9. The van der Waals surface area contributed by atoms with Crippen molar-refractivity contribution in [3.63, 3.8) is 0 Å². The van der Waals surface area contributed by atoms with Crippen LogP contribution in [0.2, 0.25) is 0 Å². The highest BCUT2D eigenvalue weighted by molar-refractivity contribution is 5.89. The number of halogens is 3. The van der Waals surface area contributed by atoms with Gasteiger partial charge >= 0.3 is 12.1 Å². The molecule has 0 spiro atoms. The molecule has 0 radical (unpaired) electrons. The standard InChI is InChI=1S/C24H18F3NO2/c25-24(26,27)16-6-3-5-14(10-16)22-19-11-13-4-1-2-7-17(13)21(19)18-12-15(23(29)30)8-9-20(18)28-22/h1-10,12,19,21-22,28H,11H2,(H,29,30)/t19-,21+,22+/m1/s1. The van der Waals surface area contributed by atoms with Gasteiger partial charge < -0.3 is 10.4 Å². The Morgan fingerprint density at radius 2 is 1.77 bits per heavy atom. The van der Waals surface area contributed by atoms with E-state index in [1.54, 1.807) is 18.2 Å². The van der Waals surface area contributed by atoms with E-state index in [2.05, 4.69) is 5.32 Å². The third-order valence-electron chi connectivity index (χ3n) is 6.22. The molecule has 0 bridgehead atoms. The molecule has 5 rings (SSSR count). The van der Waals surface area contributed by atoms with Gasteiger partial charge in [-0.3, -0.25) is 0 Å². The molecule has 152 valence electrons. The van der Waals surface area contributed by atoms with Crippen molar-refractivity contribution in [3.05, 3.63) is 100 Å². The Kier molecular flexibility index (Phi) is 4.13. The van der Waals surface area contributed by atoms with E-state index >= 15 is 0 Å². The van der Waals surface area contributed by atoms with Gasteiger partial charge in [-0.15, -0.1) is 0 Å². The van der Waals surface area contributed by atoms with Crippen LogP contribution in [-0.2, 0) is 12.6 Å². The van der Waals surface area contributed by atoms with Gasteiger partial charge in [0, 0.05) is 11.6 Å². The molecule has 3 aromatic carbocycles. The number of rotatable bonds is 2. The molecule has 2 N–H and O–H groups in total. The number of benzene rings is 3. The monoisotopic (exact) mass is 409 g/mol. The van der Waals surface area contributed by atoms with Gasteiger partial charge in [0.1, 0.15) is 0 Å². The molecule has 30 heavy (non-hydrogen) atoms. The second-order valence-electron chi connectivity index (χ2n) is 7.90. The van der Waals surface area contributed by atoms with Crippen molar-refractivity contribution in [1.82, 2.24) is 0 Å². The number of carboxylic acids is 1. The van der Waals surface area contributed by atoms with Crippen LogP contribution in [-0.4, -0.2) is 11.1 Å². The fourth-order valence-corrected chi connectivity index (χ4v) is 4.93. The van der Waals surface area contributed by atoms with E-state index in [1.165, 1.54) is 18.2 Å². The molecule has 3 nitrogen and oxygen atoms in total. The maximum atomic E-state index is 13.3. The molecule has 0 amide bonds. The fraction of sp³-hybridized carbons (Fsp3) is 0.208. The van der Waals surface area contributed by atoms with Crippen LogP contribution < -0.4 is 5.32 Å². The number of fused-ring (bicyclic) bond motifs is 5. The molecule has 0 saturated carbocycles. The van der Waals surface area contributed by atoms with Gasteiger partial charge in [-0.05, 0) is 64.9 Å². The second kappa shape index (κ2) is 6.62. The van der Waals surface area contributed by atoms with Gasteiger partial charge in [0.2, 0.25) is 0 Å². The van der Waals surface area contributed by atoms with E-state index in [-0.39, 0.29) is 23.4 Å². The highest BCUT2D eigenvalue weighted by Gasteiger charge is 2.44. The van der Waals surface area contributed by atoms with Crippen LogP contribution in [0.15, 0.2) is 66.7 Å². The first-order valence-corrected chi connectivity index (χ1v) is 9.71. The van der Waals surface area contributed by atoms with Crippen LogP contribution in [0.3, 0.4) is 0 Å². The van der Waals surface area contributed by atoms with Crippen molar-refractivity contribution in [2.45, 2.75) is 24.6 Å². The molecule has 1 aliphatic heterocycles. The summed E-state index contributed by atoms with van der Waals surface area (Å²) in [6.07, 6.45) is -3.69. The summed E-state index contributed by atoms with van der Waals surface area (Å²) in [7, 11) is 0. The van der Waals surface area contributed by atoms with Gasteiger partial charge in [0.05, 0.1) is 17.2 Å². The SMILES string of the molecule is O=C(O)c1ccc2c(c1)[C@@H]1c3ccccc3C[C@H]1[C@H](c1cccc(C(F)(F)F)c1)N2. The first kappa shape index (κ1) is 18.7. The zero-order valence-electron chi connectivity index (χ0n) is 15.8. The summed E-state index contributed by atoms with van der Waals surface area (Å²) in [6.45, 7) is 0. The van der Waals surface area contributed by atoms with Crippen molar-refractivity contribution in [1.29, 1.82) is 0 Å². The summed E-state index contributed by atoms with van der Waals surface area (Å²) >= 11 is 0. The van der Waals surface area contributed by atoms with Crippen LogP contribution in [0.5, 0.6) is 0 Å². The quantitative estimate of drug-likeness (QED) is 0.556. The van der Waals surface area contributed by atoms with Crippen LogP contribution in [0.25, 0.3) is 0 Å². The second-order valence-corrected chi connectivity index (χ2v) is 7.90. The number of carboxylic acid groups (broad SMARTS) is 1. The third-order valence-corrected chi connectivity index (χ3v) is 6.22. The van der Waals surface area contributed by atoms with Crippen molar-refractivity contribution in [2.75, 3.05) is 5.32 Å². The Hall–Kier alpha value is -3.28. The van der Waals surface area contributed by atoms with Crippen LogP contribution >= 0.6 is 0 Å². The van der Waals surface area contributed by atoms with E-state index in [0.29, 0.717) is 12.0 Å². The molecule has 1 aliphatic carbocycles. The topological polar surface area (TPSA) is 49.3 Å². The average Bonchev–Trinajstić information content (AvgIpc) is 3.12. The van der Waals surface area contributed by atoms with Crippen LogP contribution in [0, 0.1) is 5.92 Å². The highest BCUT2D eigenvalue weighted by atomic mass is 19.4. The summed E-state index contributed by atoms with van der Waals surface area (Å²) in [5, 5.41) is 12.8. The molecule has 0 fully saturated rings. The van der Waals surface area contributed by atoms with Crippen molar-refractivity contribution in [2.24, 2.45) is 5.92 Å². The largest absolute Gasteiger partial charge is 0.478 e. The van der Waals surface area contributed by atoms with Crippen molar-refractivity contribution in [3.8, 4) is 0 Å². The molecule has 3 aromatic rings. The van der Waals surface area contributed by atoms with Gasteiger partial charge in [-0.1, -0.05) is 36.4 Å². The van der Waals surface area contributed by atoms with Crippen LogP contribution in [0.4, 0.5) is 18.9 Å². The molecule has 6 heteroatoms. The summed E-state index contributed by atoms with van der Waals surface area (Å²) in [5.74, 6) is -1.08. The number of aromatic carboxylic acids is 1. The smallest absolute Gasteiger partial charge is 0.416 e. The normalized spacial score (nSPS) is 21.9. The van der Waals surface area contributed by atoms with Crippen molar-refractivity contribution >= 4 is 11.7 Å². The Labute approximate surface area is 171 Å². The summed E-state index contributed by atoms with van der Waals surface area (Å²) in [5.41, 5.74) is 4.04. The molecular weight excluding hydrogens is 391 g/mol. The number of anilines is 1. The van der Waals surface area contributed by atoms with E-state index in [9.17, 15) is 23.1 Å². The fourth-order valence-electron chi connectivity index (χ4n) is 4.93. The van der Waals surface area contributed by atoms with Gasteiger partial charge in [-0.2, -0.15) is 13.2 Å². The number of nitrogens with one attached hydrogen (secondary N) is 1. The molecule has 2 aliphatic rings. The minimum atomic E-state index is -4.41. The lowest BCUT2D eigenvalue weighted by molar-refractivity contribution is -0.137. The first-order chi connectivity index (χ1) is 14.3. The van der Waals surface area contributed by atoms with Gasteiger partial charge in [-0.25, -0.2) is 4.79 Å². The minimum Gasteiger partial charge on any atom is -0.478 e. The van der Waals surface area contributed by atoms with Crippen LogP contribution in [0.1, 0.15) is 50.1 Å². The Morgan fingerprint density at radius 1 is 0.967 bits per heavy atom. The summed E-state index contributed by atoms with van der Waals surface area (Å²) in [6, 6.07) is 18.1. The zero-order chi connectivity index (χ0) is 21.0. The third kappa shape index (κ3) is 2.95. The number of alkyl halides is 3. The molecule has 1 heterocycles. The van der Waals surface area contributed by atoms with E-state index in [0.717, 1.165) is 28.4 Å². The maximum Gasteiger partial charge on any atom is 0.416 e. The number of hydrogen-bond donors (Lipinski definition) is 2. The Bertz CT molecular complexity index is 1160. The Morgan fingerprint density at radius 3 is 2.53 bits per heavy atom. The highest BCUT2D eigenvalue weighted by Crippen LogP contribution is 2.54. The predicted octanol–water partition coefficient (Wildman–Crippen LogP) is 5.87. The zero-order valence-corrected chi connectivity index (χ0v) is 15.8. The van der Waals surface area contributed by atoms with E-state index in [4.69, 9.17) is 0 Å². The molecular formula is C24H18F3NO2. The maximum absolute atomic E-state index is 13.3. The number of carbonyl (C=O) groups is 1. The lowest BCUT2D eigenvalue weighted by atomic mass is 9.75. The van der Waals surface area contributed by atoms with E-state index < -0.39 is 17.7 Å². The van der Waals surface area contributed by atoms with Crippen molar-refractivity contribution < 1.29 is 23.1 Å². The predicted molar refractivity (Wildman–Crippen MR) is 107 cm³/mol. The lowest BCUT2D eigenvalue weighted by Gasteiger charge is -2.38. The first-order valence-electron chi connectivity index (χ1n) is 9.71. The molecule has 0 saturated heterocycles.